The molecule has 1 aliphatic heterocycles. The second-order valence-electron chi connectivity index (χ2n) is 10.3. The fourth-order valence-corrected chi connectivity index (χ4v) is 5.43. The Morgan fingerprint density at radius 1 is 0.841 bits per heavy atom. The number of ether oxygens (including phenoxy) is 3. The largest absolute Gasteiger partial charge is 0.489 e. The third-order valence-electron chi connectivity index (χ3n) is 7.42. The van der Waals surface area contributed by atoms with E-state index in [-0.39, 0.29) is 11.5 Å². The molecule has 6 nitrogen and oxygen atoms in total. The first-order valence-corrected chi connectivity index (χ1v) is 14.4. The average molecular weight is 599 g/mol. The molecule has 0 saturated heterocycles. The Bertz CT molecular complexity index is 1830. The summed E-state index contributed by atoms with van der Waals surface area (Å²) in [7, 11) is 0. The molecule has 216 valence electrons. The highest BCUT2D eigenvalue weighted by Gasteiger charge is 2.32. The number of halogens is 1. The molecule has 0 radical (unpaired) electrons. The molecule has 0 aromatic heterocycles. The Balaban J connectivity index is 1.28. The van der Waals surface area contributed by atoms with Crippen molar-refractivity contribution >= 4 is 17.6 Å². The standard InChI is InChI=1S/C37H27ClN2O4/c38-28-16-14-24(15-17-28)23-42-29-13-7-12-27(20-29)35-31-19-18-30(21-33(31)44-36(40)32(35)22-39)43-37(41)34(25-8-3-1-4-9-25)26-10-5-2-6-11-26/h1-21,34-35H,23,40H2. The second-order valence-corrected chi connectivity index (χ2v) is 10.7. The lowest BCUT2D eigenvalue weighted by Gasteiger charge is -2.27. The molecular weight excluding hydrogens is 572 g/mol. The van der Waals surface area contributed by atoms with Crippen LogP contribution in [-0.2, 0) is 11.4 Å². The fraction of sp³-hybridized carbons (Fsp3) is 0.0811. The maximum Gasteiger partial charge on any atom is 0.323 e. The Labute approximate surface area is 260 Å². The molecule has 0 saturated carbocycles. The van der Waals surface area contributed by atoms with Crippen LogP contribution in [0.1, 0.15) is 39.7 Å². The molecule has 0 spiro atoms. The van der Waals surface area contributed by atoms with Crippen molar-refractivity contribution in [1.82, 2.24) is 0 Å². The first-order valence-electron chi connectivity index (χ1n) is 14.0. The number of benzene rings is 5. The number of nitriles is 1. The zero-order valence-electron chi connectivity index (χ0n) is 23.5. The molecule has 0 aliphatic carbocycles. The monoisotopic (exact) mass is 598 g/mol. The highest BCUT2D eigenvalue weighted by Crippen LogP contribution is 2.44. The zero-order valence-corrected chi connectivity index (χ0v) is 24.3. The van der Waals surface area contributed by atoms with Gasteiger partial charge in [0.2, 0.25) is 5.88 Å². The lowest BCUT2D eigenvalue weighted by atomic mass is 9.83. The lowest BCUT2D eigenvalue weighted by molar-refractivity contribution is -0.135. The van der Waals surface area contributed by atoms with Crippen molar-refractivity contribution in [3.8, 4) is 23.3 Å². The first-order chi connectivity index (χ1) is 21.5. The number of allylic oxidation sites excluding steroid dienone is 1. The Kier molecular flexibility index (Phi) is 8.31. The van der Waals surface area contributed by atoms with E-state index in [1.807, 2.05) is 109 Å². The summed E-state index contributed by atoms with van der Waals surface area (Å²) in [5.74, 6) is -0.214. The van der Waals surface area contributed by atoms with Crippen molar-refractivity contribution in [1.29, 1.82) is 5.26 Å². The van der Waals surface area contributed by atoms with Crippen molar-refractivity contribution < 1.29 is 19.0 Å². The first kappa shape index (κ1) is 28.6. The number of rotatable bonds is 8. The zero-order chi connectivity index (χ0) is 30.5. The van der Waals surface area contributed by atoms with Crippen LogP contribution in [-0.4, -0.2) is 5.97 Å². The number of carbonyl (C=O) groups is 1. The normalized spacial score (nSPS) is 13.9. The Morgan fingerprint density at radius 2 is 1.52 bits per heavy atom. The van der Waals surface area contributed by atoms with Crippen LogP contribution in [0.4, 0.5) is 0 Å². The van der Waals surface area contributed by atoms with Gasteiger partial charge in [-0.2, -0.15) is 5.26 Å². The quantitative estimate of drug-likeness (QED) is 0.144. The van der Waals surface area contributed by atoms with Crippen LogP contribution in [0.3, 0.4) is 0 Å². The van der Waals surface area contributed by atoms with Gasteiger partial charge in [-0.05, 0) is 52.6 Å². The van der Waals surface area contributed by atoms with Crippen LogP contribution in [0.2, 0.25) is 5.02 Å². The molecule has 7 heteroatoms. The van der Waals surface area contributed by atoms with E-state index >= 15 is 0 Å². The molecule has 0 fully saturated rings. The van der Waals surface area contributed by atoms with Gasteiger partial charge in [-0.15, -0.1) is 0 Å². The summed E-state index contributed by atoms with van der Waals surface area (Å²) in [6, 6.07) is 41.3. The molecule has 0 bridgehead atoms. The fourth-order valence-electron chi connectivity index (χ4n) is 5.30. The second kappa shape index (κ2) is 12.8. The van der Waals surface area contributed by atoms with Crippen LogP contribution in [0.15, 0.2) is 139 Å². The molecule has 5 aromatic carbocycles. The van der Waals surface area contributed by atoms with Crippen LogP contribution in [0.5, 0.6) is 17.2 Å². The summed E-state index contributed by atoms with van der Waals surface area (Å²) in [5, 5.41) is 10.7. The van der Waals surface area contributed by atoms with Gasteiger partial charge in [-0.25, -0.2) is 0 Å². The highest BCUT2D eigenvalue weighted by atomic mass is 35.5. The SMILES string of the molecule is N#CC1=C(N)Oc2cc(OC(=O)C(c3ccccc3)c3ccccc3)ccc2C1c1cccc(OCc2ccc(Cl)cc2)c1. The summed E-state index contributed by atoms with van der Waals surface area (Å²) < 4.78 is 17.8. The van der Waals surface area contributed by atoms with Gasteiger partial charge >= 0.3 is 5.97 Å². The minimum absolute atomic E-state index is 0.00703. The molecule has 5 aromatic rings. The van der Waals surface area contributed by atoms with Crippen molar-refractivity contribution in [3.05, 3.63) is 172 Å². The van der Waals surface area contributed by atoms with E-state index in [1.54, 1.807) is 18.2 Å². The highest BCUT2D eigenvalue weighted by molar-refractivity contribution is 6.30. The smallest absolute Gasteiger partial charge is 0.323 e. The van der Waals surface area contributed by atoms with Gasteiger partial charge in [0.15, 0.2) is 0 Å². The number of nitrogens with two attached hydrogens (primary N) is 1. The molecule has 6 rings (SSSR count). The van der Waals surface area contributed by atoms with Gasteiger partial charge < -0.3 is 19.9 Å². The molecule has 44 heavy (non-hydrogen) atoms. The van der Waals surface area contributed by atoms with Crippen molar-refractivity contribution in [2.45, 2.75) is 18.4 Å². The van der Waals surface area contributed by atoms with E-state index in [1.165, 1.54) is 0 Å². The van der Waals surface area contributed by atoms with E-state index < -0.39 is 17.8 Å². The van der Waals surface area contributed by atoms with Crippen molar-refractivity contribution in [3.63, 3.8) is 0 Å². The predicted molar refractivity (Wildman–Crippen MR) is 168 cm³/mol. The van der Waals surface area contributed by atoms with Crippen LogP contribution >= 0.6 is 11.6 Å². The Hall–Kier alpha value is -5.51. The molecule has 0 amide bonds. The predicted octanol–water partition coefficient (Wildman–Crippen LogP) is 7.87. The summed E-state index contributed by atoms with van der Waals surface area (Å²) in [4.78, 5) is 13.6. The van der Waals surface area contributed by atoms with Gasteiger partial charge in [-0.3, -0.25) is 4.79 Å². The third-order valence-corrected chi connectivity index (χ3v) is 7.67. The number of hydrogen-bond acceptors (Lipinski definition) is 6. The minimum Gasteiger partial charge on any atom is -0.489 e. The van der Waals surface area contributed by atoms with Crippen LogP contribution in [0, 0.1) is 11.3 Å². The minimum atomic E-state index is -0.618. The van der Waals surface area contributed by atoms with Gasteiger partial charge in [-0.1, -0.05) is 103 Å². The van der Waals surface area contributed by atoms with Crippen LogP contribution in [0.25, 0.3) is 0 Å². The van der Waals surface area contributed by atoms with Crippen LogP contribution < -0.4 is 19.9 Å². The number of fused-ring (bicyclic) bond motifs is 1. The molecule has 1 aliphatic rings. The van der Waals surface area contributed by atoms with Gasteiger partial charge in [0.05, 0.1) is 5.92 Å². The number of hydrogen-bond donors (Lipinski definition) is 1. The van der Waals surface area contributed by atoms with E-state index in [4.69, 9.17) is 31.5 Å². The maximum atomic E-state index is 13.6. The van der Waals surface area contributed by atoms with E-state index in [9.17, 15) is 10.1 Å². The van der Waals surface area contributed by atoms with Gasteiger partial charge in [0.25, 0.3) is 0 Å². The van der Waals surface area contributed by atoms with Gasteiger partial charge in [0.1, 0.15) is 41.4 Å². The molecule has 1 atom stereocenters. The lowest BCUT2D eigenvalue weighted by Crippen LogP contribution is -2.22. The van der Waals surface area contributed by atoms with Crippen molar-refractivity contribution in [2.24, 2.45) is 5.73 Å². The molecule has 2 N–H and O–H groups in total. The number of nitrogens with zero attached hydrogens (tertiary/aromatic N) is 1. The van der Waals surface area contributed by atoms with Gasteiger partial charge in [0, 0.05) is 16.7 Å². The topological polar surface area (TPSA) is 94.6 Å². The van der Waals surface area contributed by atoms with E-state index in [2.05, 4.69) is 6.07 Å². The molecular formula is C37H27ClN2O4. The van der Waals surface area contributed by atoms with E-state index in [0.29, 0.717) is 34.4 Å². The average Bonchev–Trinajstić information content (AvgIpc) is 3.05. The number of carbonyl (C=O) groups excluding carboxylic acids is 1. The summed E-state index contributed by atoms with van der Waals surface area (Å²) >= 11 is 6.00. The van der Waals surface area contributed by atoms with E-state index in [0.717, 1.165) is 22.3 Å². The third kappa shape index (κ3) is 6.14. The summed E-state index contributed by atoms with van der Waals surface area (Å²) in [6.45, 7) is 0.357. The molecule has 1 heterocycles. The van der Waals surface area contributed by atoms with Crippen molar-refractivity contribution in [2.75, 3.05) is 0 Å². The maximum absolute atomic E-state index is 13.6. The Morgan fingerprint density at radius 3 is 2.18 bits per heavy atom. The molecule has 1 unspecified atom stereocenters. The summed E-state index contributed by atoms with van der Waals surface area (Å²) in [6.07, 6.45) is 0. The summed E-state index contributed by atoms with van der Waals surface area (Å²) in [5.41, 5.74) is 10.7. The number of esters is 1.